The van der Waals surface area contributed by atoms with Crippen molar-refractivity contribution in [2.45, 2.75) is 167 Å². The molecule has 1 aliphatic heterocycles. The molecule has 1 aliphatic rings. The molecule has 2 atom stereocenters. The molecule has 0 aromatic rings. The Hall–Kier alpha value is -2.10. The SMILES string of the molecule is CCCCCCCCCCCCCCCC(=O)N1CCCC1C(=O)NC(CCC(=O)[O-])C(=O)NCCCOCCOCCOCCCNC(=O)CCC(C)=O.[Na+]. The van der Waals surface area contributed by atoms with E-state index in [-0.39, 0.29) is 79.4 Å². The van der Waals surface area contributed by atoms with Gasteiger partial charge >= 0.3 is 29.6 Å². The fourth-order valence-electron chi connectivity index (χ4n) is 6.41. The first kappa shape index (κ1) is 53.9. The van der Waals surface area contributed by atoms with Gasteiger partial charge in [-0.2, -0.15) is 0 Å². The van der Waals surface area contributed by atoms with Gasteiger partial charge in [-0.25, -0.2) is 0 Å². The van der Waals surface area contributed by atoms with Crippen molar-refractivity contribution in [3.8, 4) is 0 Å². The summed E-state index contributed by atoms with van der Waals surface area (Å²) in [6, 6.07) is -1.73. The first-order chi connectivity index (χ1) is 26.6. The first-order valence-electron chi connectivity index (χ1n) is 21.2. The summed E-state index contributed by atoms with van der Waals surface area (Å²) in [7, 11) is 0. The summed E-state index contributed by atoms with van der Waals surface area (Å²) in [4.78, 5) is 74.5. The molecule has 56 heavy (non-hydrogen) atoms. The van der Waals surface area contributed by atoms with E-state index in [1.807, 2.05) is 0 Å². The maximum absolute atomic E-state index is 13.3. The molecule has 3 N–H and O–H groups in total. The van der Waals surface area contributed by atoms with Gasteiger partial charge in [0.2, 0.25) is 23.6 Å². The van der Waals surface area contributed by atoms with E-state index in [0.29, 0.717) is 84.8 Å². The fraction of sp³-hybridized carbons (Fsp3) is 0.854. The minimum absolute atomic E-state index is 0. The average molecular weight is 805 g/mol. The Morgan fingerprint density at radius 3 is 1.71 bits per heavy atom. The van der Waals surface area contributed by atoms with Crippen LogP contribution in [-0.4, -0.2) is 112 Å². The van der Waals surface area contributed by atoms with Crippen LogP contribution in [0.1, 0.15) is 155 Å². The molecule has 1 heterocycles. The van der Waals surface area contributed by atoms with Crippen LogP contribution in [0.25, 0.3) is 0 Å². The number of nitrogens with one attached hydrogen (secondary N) is 3. The number of ketones is 1. The number of nitrogens with zero attached hydrogens (tertiary/aromatic N) is 1. The Bertz CT molecular complexity index is 1080. The van der Waals surface area contributed by atoms with Gasteiger partial charge in [0.25, 0.3) is 0 Å². The Labute approximate surface area is 358 Å². The van der Waals surface area contributed by atoms with Gasteiger partial charge in [-0.05, 0) is 51.9 Å². The van der Waals surface area contributed by atoms with Crippen LogP contribution in [0.3, 0.4) is 0 Å². The molecule has 14 nitrogen and oxygen atoms in total. The summed E-state index contributed by atoms with van der Waals surface area (Å²) in [6.45, 7) is 7.35. The molecular formula is C41H73N4NaO10. The van der Waals surface area contributed by atoms with Gasteiger partial charge in [-0.15, -0.1) is 0 Å². The van der Waals surface area contributed by atoms with Crippen LogP contribution in [0.5, 0.6) is 0 Å². The average Bonchev–Trinajstić information content (AvgIpc) is 3.66. The van der Waals surface area contributed by atoms with E-state index in [0.717, 1.165) is 19.3 Å². The van der Waals surface area contributed by atoms with E-state index in [1.165, 1.54) is 71.1 Å². The van der Waals surface area contributed by atoms with E-state index in [2.05, 4.69) is 22.9 Å². The molecule has 0 bridgehead atoms. The number of Topliss-reactive ketones (excluding diaryl/α,β-unsaturated/α-hetero) is 1. The van der Waals surface area contributed by atoms with Crippen molar-refractivity contribution in [2.24, 2.45) is 0 Å². The summed E-state index contributed by atoms with van der Waals surface area (Å²) in [5.41, 5.74) is 0. The molecule has 1 saturated heterocycles. The standard InChI is InChI=1S/C41H74N4O10.Na/c1-3-4-5-6-7-8-9-10-11-12-13-14-15-20-38(48)45-27-16-19-36(45)41(52)44-35(22-24-39(49)50)40(51)43-26-18-29-54-31-33-55-32-30-53-28-17-25-42-37(47)23-21-34(2)46;/h35-36H,3-33H2,1-2H3,(H,42,47)(H,43,51)(H,44,52)(H,49,50);/q;+1/p-1. The van der Waals surface area contributed by atoms with Gasteiger partial charge < -0.3 is 49.8 Å². The third-order valence-corrected chi connectivity index (χ3v) is 9.64. The van der Waals surface area contributed by atoms with Crippen LogP contribution >= 0.6 is 0 Å². The third-order valence-electron chi connectivity index (χ3n) is 9.64. The topological polar surface area (TPSA) is 192 Å². The molecule has 1 fully saturated rings. The molecule has 4 amide bonds. The molecule has 15 heteroatoms. The largest absolute Gasteiger partial charge is 1.00 e. The van der Waals surface area contributed by atoms with Crippen molar-refractivity contribution in [3.05, 3.63) is 0 Å². The zero-order chi connectivity index (χ0) is 40.4. The van der Waals surface area contributed by atoms with Gasteiger partial charge in [-0.3, -0.25) is 19.2 Å². The monoisotopic (exact) mass is 805 g/mol. The second-order valence-corrected chi connectivity index (χ2v) is 14.6. The Balaban J connectivity index is 0.0000302. The number of rotatable bonds is 37. The van der Waals surface area contributed by atoms with Crippen molar-refractivity contribution < 1.29 is 77.6 Å². The number of carboxylic acids is 1. The van der Waals surface area contributed by atoms with Crippen LogP contribution < -0.4 is 50.6 Å². The van der Waals surface area contributed by atoms with Crippen molar-refractivity contribution in [1.29, 1.82) is 0 Å². The molecule has 0 aromatic carbocycles. The van der Waals surface area contributed by atoms with Gasteiger partial charge in [0, 0.05) is 58.1 Å². The molecule has 2 unspecified atom stereocenters. The summed E-state index contributed by atoms with van der Waals surface area (Å²) in [5.74, 6) is -2.43. The molecular weight excluding hydrogens is 731 g/mol. The normalized spacial score (nSPS) is 14.2. The van der Waals surface area contributed by atoms with Crippen LogP contribution in [0, 0.1) is 0 Å². The smallest absolute Gasteiger partial charge is 0.550 e. The van der Waals surface area contributed by atoms with Crippen molar-refractivity contribution in [1.82, 2.24) is 20.9 Å². The second kappa shape index (κ2) is 37.2. The zero-order valence-electron chi connectivity index (χ0n) is 35.1. The molecule has 0 aromatic heterocycles. The number of hydrogen-bond acceptors (Lipinski definition) is 10. The number of ether oxygens (including phenoxy) is 3. The van der Waals surface area contributed by atoms with Gasteiger partial charge in [0.1, 0.15) is 17.9 Å². The number of carbonyl (C=O) groups is 6. The summed E-state index contributed by atoms with van der Waals surface area (Å²) in [5, 5.41) is 19.4. The maximum Gasteiger partial charge on any atom is 1.00 e. The molecule has 0 saturated carbocycles. The van der Waals surface area contributed by atoms with E-state index in [9.17, 15) is 33.9 Å². The summed E-state index contributed by atoms with van der Waals surface area (Å²) >= 11 is 0. The Kier molecular flexibility index (Phi) is 35.8. The summed E-state index contributed by atoms with van der Waals surface area (Å²) < 4.78 is 16.5. The number of unbranched alkanes of at least 4 members (excludes halogenated alkanes) is 12. The van der Waals surface area contributed by atoms with Crippen LogP contribution in [0.4, 0.5) is 0 Å². The number of aliphatic carboxylic acids is 1. The molecule has 0 spiro atoms. The van der Waals surface area contributed by atoms with Crippen LogP contribution in [0.2, 0.25) is 0 Å². The number of amides is 4. The second-order valence-electron chi connectivity index (χ2n) is 14.6. The fourth-order valence-corrected chi connectivity index (χ4v) is 6.41. The van der Waals surface area contributed by atoms with Gasteiger partial charge in [0.05, 0.1) is 26.4 Å². The predicted molar refractivity (Wildman–Crippen MR) is 209 cm³/mol. The Morgan fingerprint density at radius 1 is 0.661 bits per heavy atom. The van der Waals surface area contributed by atoms with E-state index >= 15 is 0 Å². The number of hydrogen-bond donors (Lipinski definition) is 3. The van der Waals surface area contributed by atoms with Crippen molar-refractivity contribution in [3.63, 3.8) is 0 Å². The minimum Gasteiger partial charge on any atom is -0.550 e. The predicted octanol–water partition coefficient (Wildman–Crippen LogP) is 0.909. The van der Waals surface area contributed by atoms with Crippen molar-refractivity contribution >= 4 is 35.4 Å². The van der Waals surface area contributed by atoms with Gasteiger partial charge in [-0.1, -0.05) is 84.0 Å². The van der Waals surface area contributed by atoms with Gasteiger partial charge in [0.15, 0.2) is 0 Å². The van der Waals surface area contributed by atoms with E-state index in [4.69, 9.17) is 14.2 Å². The minimum atomic E-state index is -1.31. The number of likely N-dealkylation sites (tertiary alicyclic amines) is 1. The molecule has 1 rings (SSSR count). The maximum atomic E-state index is 13.3. The summed E-state index contributed by atoms with van der Waals surface area (Å²) in [6.07, 6.45) is 18.6. The Morgan fingerprint density at radius 2 is 1.18 bits per heavy atom. The number of carbonyl (C=O) groups excluding carboxylic acids is 6. The number of carboxylic acid groups (broad SMARTS) is 1. The third kappa shape index (κ3) is 30.0. The van der Waals surface area contributed by atoms with Crippen molar-refractivity contribution in [2.75, 3.05) is 59.3 Å². The van der Waals surface area contributed by atoms with E-state index < -0.39 is 29.9 Å². The quantitative estimate of drug-likeness (QED) is 0.0601. The van der Waals surface area contributed by atoms with Crippen LogP contribution in [-0.2, 0) is 43.0 Å². The first-order valence-corrected chi connectivity index (χ1v) is 21.2. The molecule has 0 aliphatic carbocycles. The zero-order valence-corrected chi connectivity index (χ0v) is 37.1. The molecule has 0 radical (unpaired) electrons. The molecule has 318 valence electrons. The van der Waals surface area contributed by atoms with E-state index in [1.54, 1.807) is 4.90 Å². The van der Waals surface area contributed by atoms with Crippen LogP contribution in [0.15, 0.2) is 0 Å².